The average Bonchev–Trinajstić information content (AvgIpc) is 2.47. The van der Waals surface area contributed by atoms with Gasteiger partial charge in [-0.15, -0.1) is 11.6 Å². The van der Waals surface area contributed by atoms with Crippen molar-refractivity contribution in [3.05, 3.63) is 29.8 Å². The molecule has 7 heteroatoms. The van der Waals surface area contributed by atoms with Crippen LogP contribution in [0.1, 0.15) is 18.4 Å². The number of hydrogen-bond donors (Lipinski definition) is 3. The van der Waals surface area contributed by atoms with Crippen LogP contribution in [0.5, 0.6) is 0 Å². The number of hydrogen-bond acceptors (Lipinski definition) is 3. The first-order valence-corrected chi connectivity index (χ1v) is 6.79. The van der Waals surface area contributed by atoms with Crippen molar-refractivity contribution in [1.82, 2.24) is 10.7 Å². The zero-order chi connectivity index (χ0) is 14.4. The number of urea groups is 1. The Morgan fingerprint density at radius 3 is 2.65 bits per heavy atom. The van der Waals surface area contributed by atoms with Crippen molar-refractivity contribution in [2.24, 2.45) is 5.10 Å². The maximum Gasteiger partial charge on any atom is 0.319 e. The zero-order valence-corrected chi connectivity index (χ0v) is 11.5. The molecule has 1 aliphatic rings. The highest BCUT2D eigenvalue weighted by Gasteiger charge is 2.13. The van der Waals surface area contributed by atoms with Gasteiger partial charge in [0, 0.05) is 31.0 Å². The van der Waals surface area contributed by atoms with Crippen molar-refractivity contribution < 1.29 is 9.59 Å². The number of hydrazone groups is 1. The van der Waals surface area contributed by atoms with Crippen molar-refractivity contribution in [2.75, 3.05) is 17.7 Å². The molecule has 3 N–H and O–H groups in total. The van der Waals surface area contributed by atoms with Gasteiger partial charge in [-0.1, -0.05) is 12.1 Å². The summed E-state index contributed by atoms with van der Waals surface area (Å²) in [6.07, 6.45) is 1.06. The fourth-order valence-corrected chi connectivity index (χ4v) is 1.86. The summed E-state index contributed by atoms with van der Waals surface area (Å²) in [7, 11) is 0. The first kappa shape index (κ1) is 14.3. The van der Waals surface area contributed by atoms with Gasteiger partial charge in [-0.2, -0.15) is 5.10 Å². The Morgan fingerprint density at radius 2 is 2.05 bits per heavy atom. The molecule has 0 aliphatic carbocycles. The van der Waals surface area contributed by atoms with Gasteiger partial charge in [-0.05, 0) is 17.7 Å². The summed E-state index contributed by atoms with van der Waals surface area (Å²) in [5.41, 5.74) is 4.90. The quantitative estimate of drug-likeness (QED) is 0.738. The van der Waals surface area contributed by atoms with Gasteiger partial charge in [0.25, 0.3) is 0 Å². The molecule has 0 bridgehead atoms. The lowest BCUT2D eigenvalue weighted by Gasteiger charge is -2.12. The maximum absolute atomic E-state index is 11.4. The molecule has 0 saturated carbocycles. The van der Waals surface area contributed by atoms with E-state index in [1.807, 2.05) is 12.1 Å². The molecular formula is C13H15ClN4O2. The Labute approximate surface area is 121 Å². The number of carbonyl (C=O) groups is 2. The summed E-state index contributed by atoms with van der Waals surface area (Å²) in [5.74, 6) is 0.306. The van der Waals surface area contributed by atoms with Gasteiger partial charge in [-0.3, -0.25) is 4.79 Å². The van der Waals surface area contributed by atoms with Gasteiger partial charge in [0.15, 0.2) is 0 Å². The number of nitrogens with zero attached hydrogens (tertiary/aromatic N) is 1. The summed E-state index contributed by atoms with van der Waals surface area (Å²) in [5, 5.41) is 9.32. The van der Waals surface area contributed by atoms with E-state index in [1.165, 1.54) is 0 Å². The van der Waals surface area contributed by atoms with E-state index >= 15 is 0 Å². The van der Waals surface area contributed by atoms with Crippen molar-refractivity contribution in [2.45, 2.75) is 12.8 Å². The maximum atomic E-state index is 11.4. The van der Waals surface area contributed by atoms with Crippen LogP contribution < -0.4 is 16.1 Å². The minimum Gasteiger partial charge on any atom is -0.337 e. The number of benzene rings is 1. The summed E-state index contributed by atoms with van der Waals surface area (Å²) in [6, 6.07) is 6.99. The second-order valence-electron chi connectivity index (χ2n) is 4.24. The van der Waals surface area contributed by atoms with E-state index in [1.54, 1.807) is 12.1 Å². The number of carbonyl (C=O) groups excluding carboxylic acids is 2. The van der Waals surface area contributed by atoms with E-state index in [-0.39, 0.29) is 11.9 Å². The van der Waals surface area contributed by atoms with Crippen LogP contribution >= 0.6 is 11.6 Å². The van der Waals surface area contributed by atoms with Crippen LogP contribution in [0.3, 0.4) is 0 Å². The predicted octanol–water partition coefficient (Wildman–Crippen LogP) is 1.66. The van der Waals surface area contributed by atoms with Gasteiger partial charge in [-0.25, -0.2) is 10.2 Å². The third-order valence-electron chi connectivity index (χ3n) is 2.76. The fraction of sp³-hybridized carbons (Fsp3) is 0.308. The topological polar surface area (TPSA) is 82.6 Å². The number of alkyl halides is 1. The third kappa shape index (κ3) is 3.96. The first-order valence-electron chi connectivity index (χ1n) is 6.25. The molecule has 1 aromatic rings. The molecule has 2 rings (SSSR count). The largest absolute Gasteiger partial charge is 0.337 e. The second kappa shape index (κ2) is 6.91. The monoisotopic (exact) mass is 294 g/mol. The fourth-order valence-electron chi connectivity index (χ4n) is 1.76. The summed E-state index contributed by atoms with van der Waals surface area (Å²) < 4.78 is 0. The number of rotatable bonds is 4. The van der Waals surface area contributed by atoms with E-state index in [4.69, 9.17) is 11.6 Å². The molecule has 6 nitrogen and oxygen atoms in total. The van der Waals surface area contributed by atoms with Gasteiger partial charge in [0.05, 0.1) is 5.71 Å². The first-order chi connectivity index (χ1) is 9.69. The van der Waals surface area contributed by atoms with Crippen LogP contribution in [-0.2, 0) is 4.79 Å². The Bertz CT molecular complexity index is 528. The lowest BCUT2D eigenvalue weighted by molar-refractivity contribution is -0.121. The lowest BCUT2D eigenvalue weighted by Crippen LogP contribution is -2.30. The van der Waals surface area contributed by atoms with Crippen LogP contribution in [0.15, 0.2) is 29.4 Å². The predicted molar refractivity (Wildman–Crippen MR) is 78.1 cm³/mol. The van der Waals surface area contributed by atoms with Gasteiger partial charge in [0.2, 0.25) is 5.91 Å². The molecule has 20 heavy (non-hydrogen) atoms. The van der Waals surface area contributed by atoms with Crippen molar-refractivity contribution in [1.29, 1.82) is 0 Å². The number of anilines is 1. The van der Waals surface area contributed by atoms with Crippen LogP contribution in [0.25, 0.3) is 0 Å². The van der Waals surface area contributed by atoms with E-state index in [9.17, 15) is 9.59 Å². The Kier molecular flexibility index (Phi) is 4.95. The zero-order valence-electron chi connectivity index (χ0n) is 10.8. The Balaban J connectivity index is 1.96. The van der Waals surface area contributed by atoms with Gasteiger partial charge in [0.1, 0.15) is 0 Å². The highest BCUT2D eigenvalue weighted by atomic mass is 35.5. The van der Waals surface area contributed by atoms with E-state index in [0.29, 0.717) is 31.0 Å². The second-order valence-corrected chi connectivity index (χ2v) is 4.62. The van der Waals surface area contributed by atoms with E-state index in [2.05, 4.69) is 21.2 Å². The van der Waals surface area contributed by atoms with Gasteiger partial charge < -0.3 is 10.6 Å². The van der Waals surface area contributed by atoms with Crippen molar-refractivity contribution in [3.63, 3.8) is 0 Å². The third-order valence-corrected chi connectivity index (χ3v) is 2.95. The molecule has 1 aromatic carbocycles. The van der Waals surface area contributed by atoms with Crippen LogP contribution in [0.4, 0.5) is 10.5 Å². The molecule has 0 spiro atoms. The average molecular weight is 295 g/mol. The molecule has 106 valence electrons. The Hall–Kier alpha value is -2.08. The molecule has 0 atom stereocenters. The SMILES string of the molecule is O=C1CCC(c2ccc(NC(=O)NCCCl)cc2)=NN1. The summed E-state index contributed by atoms with van der Waals surface area (Å²) in [4.78, 5) is 22.5. The van der Waals surface area contributed by atoms with Crippen molar-refractivity contribution in [3.8, 4) is 0 Å². The normalized spacial score (nSPS) is 14.2. The lowest BCUT2D eigenvalue weighted by atomic mass is 10.0. The minimum absolute atomic E-state index is 0.0667. The van der Waals surface area contributed by atoms with Gasteiger partial charge >= 0.3 is 6.03 Å². The van der Waals surface area contributed by atoms with E-state index < -0.39 is 0 Å². The standard InChI is InChI=1S/C13H15ClN4O2/c14-7-8-15-13(20)16-10-3-1-9(2-4-10)11-5-6-12(19)18-17-11/h1-4H,5-8H2,(H,18,19)(H2,15,16,20). The molecule has 1 heterocycles. The van der Waals surface area contributed by atoms with Crippen LogP contribution in [-0.4, -0.2) is 30.1 Å². The van der Waals surface area contributed by atoms with Crippen LogP contribution in [0.2, 0.25) is 0 Å². The smallest absolute Gasteiger partial charge is 0.319 e. The molecular weight excluding hydrogens is 280 g/mol. The molecule has 0 aromatic heterocycles. The summed E-state index contributed by atoms with van der Waals surface area (Å²) in [6.45, 7) is 0.419. The molecule has 3 amide bonds. The number of amides is 3. The highest BCUT2D eigenvalue weighted by Crippen LogP contribution is 2.14. The molecule has 0 fully saturated rings. The number of halogens is 1. The summed E-state index contributed by atoms with van der Waals surface area (Å²) >= 11 is 5.48. The highest BCUT2D eigenvalue weighted by molar-refractivity contribution is 6.18. The Morgan fingerprint density at radius 1 is 1.30 bits per heavy atom. The molecule has 0 unspecified atom stereocenters. The minimum atomic E-state index is -0.291. The van der Waals surface area contributed by atoms with Crippen molar-refractivity contribution >= 4 is 34.9 Å². The molecule has 0 radical (unpaired) electrons. The van der Waals surface area contributed by atoms with Crippen LogP contribution in [0, 0.1) is 0 Å². The molecule has 1 aliphatic heterocycles. The number of nitrogens with one attached hydrogen (secondary N) is 3. The van der Waals surface area contributed by atoms with E-state index in [0.717, 1.165) is 11.3 Å². The molecule has 0 saturated heterocycles.